The van der Waals surface area contributed by atoms with E-state index in [1.807, 2.05) is 66.7 Å². The van der Waals surface area contributed by atoms with E-state index in [1.165, 1.54) is 117 Å². The molecule has 0 saturated carbocycles. The molecule has 4 aliphatic carbocycles. The number of rotatable bonds is 13. The Labute approximate surface area is 818 Å². The molecule has 2 spiro atoms. The molecule has 23 rings (SSSR count). The molecule has 0 amide bonds. The standard InChI is InChI=1S/C66H55N3.C54H47NO.C12H12N2/c1-64(2,3)49-35-38-55-56-39-36-50(65(4,5)6)42-60(56)66(59(55)41-49)57-40-48(44-26-31-47(32-27-44)63-67-61-24-16-17-25-62(61)69(63)53-22-14-9-15-23-53)33-30-45(57)28-29-46-34-37-54(43-58(46)66)68(51-18-10-7-11-19-51)52-20-12-8-13-21-52;1-52(2,3)41-26-29-46-47-30-27-42(53(4,5)6)33-51(47)54(50(46)32-41)48-31-40(37-19-17-36(35-56)18-20-37)24-23-38(48)21-22-39-25-28-45(34-49(39)54)55(43-13-9-7-10-14-43)44-15-11-8-12-16-44;13-11-8-4-5-9-12(11)14-10-6-2-1-3-7-10/h7-43H,1-6H3;7-35H,1-6H3;1-9,14H,13H2. The summed E-state index contributed by atoms with van der Waals surface area (Å²) >= 11 is 0. The average molecular weight is 1800 g/mol. The van der Waals surface area contributed by atoms with Gasteiger partial charge in [-0.05, 0) is 289 Å². The second-order valence-corrected chi connectivity index (χ2v) is 41.4. The molecule has 19 aromatic rings. The van der Waals surface area contributed by atoms with E-state index >= 15 is 0 Å². The number of nitrogens with one attached hydrogen (secondary N) is 1. The van der Waals surface area contributed by atoms with E-state index in [0.29, 0.717) is 5.56 Å². The third-order valence-electron chi connectivity index (χ3n) is 28.4. The van der Waals surface area contributed by atoms with Crippen LogP contribution in [-0.4, -0.2) is 15.8 Å². The fraction of sp³-hybridized carbons (Fsp3) is 0.136. The highest BCUT2D eigenvalue weighted by Crippen LogP contribution is 2.64. The minimum Gasteiger partial charge on any atom is -0.397 e. The van der Waals surface area contributed by atoms with Crippen LogP contribution in [0.1, 0.15) is 182 Å². The number of nitrogens with zero attached hydrogens (tertiary/aromatic N) is 4. The first kappa shape index (κ1) is 89.3. The van der Waals surface area contributed by atoms with Crippen molar-refractivity contribution >= 4 is 92.8 Å². The van der Waals surface area contributed by atoms with Crippen LogP contribution in [0.25, 0.3) is 96.9 Å². The number of nitrogens with two attached hydrogens (primary N) is 1. The van der Waals surface area contributed by atoms with Gasteiger partial charge >= 0.3 is 0 Å². The maximum absolute atomic E-state index is 11.6. The highest BCUT2D eigenvalue weighted by molar-refractivity contribution is 5.98. The molecule has 7 nitrogen and oxygen atoms in total. The topological polar surface area (TPSA) is 79.4 Å². The average Bonchev–Trinajstić information content (AvgIpc) is 1.52. The summed E-state index contributed by atoms with van der Waals surface area (Å²) in [6.45, 7) is 27.9. The van der Waals surface area contributed by atoms with Crippen molar-refractivity contribution in [3.05, 3.63) is 519 Å². The molecular weight excluding hydrogens is 1690 g/mol. The number of imidazole rings is 1. The second-order valence-electron chi connectivity index (χ2n) is 41.4. The molecule has 7 heteroatoms. The first-order valence-corrected chi connectivity index (χ1v) is 48.5. The number of anilines is 9. The number of para-hydroxylation sites is 10. The van der Waals surface area contributed by atoms with E-state index in [1.54, 1.807) is 0 Å². The molecule has 0 aliphatic heterocycles. The minimum atomic E-state index is -0.674. The lowest BCUT2D eigenvalue weighted by atomic mass is 9.64. The second kappa shape index (κ2) is 35.8. The van der Waals surface area contributed by atoms with E-state index in [0.717, 1.165) is 102 Å². The van der Waals surface area contributed by atoms with E-state index in [-0.39, 0.29) is 21.7 Å². The van der Waals surface area contributed by atoms with Crippen LogP contribution in [-0.2, 0) is 32.5 Å². The van der Waals surface area contributed by atoms with Crippen molar-refractivity contribution in [3.63, 3.8) is 0 Å². The third kappa shape index (κ3) is 16.5. The number of hydrogen-bond donors (Lipinski definition) is 2. The number of carbonyl (C=O) groups is 1. The van der Waals surface area contributed by atoms with Gasteiger partial charge in [-0.1, -0.05) is 399 Å². The summed E-state index contributed by atoms with van der Waals surface area (Å²) in [7, 11) is 0. The maximum atomic E-state index is 11.6. The first-order chi connectivity index (χ1) is 67.3. The number of nitrogen functional groups attached to an aromatic ring is 1. The number of aromatic nitrogens is 2. The van der Waals surface area contributed by atoms with E-state index < -0.39 is 10.8 Å². The number of carbonyl (C=O) groups excluding carboxylic acids is 1. The van der Waals surface area contributed by atoms with Gasteiger partial charge in [-0.3, -0.25) is 9.36 Å². The Hall–Kier alpha value is -16.2. The van der Waals surface area contributed by atoms with Crippen LogP contribution in [0.4, 0.5) is 51.2 Å². The van der Waals surface area contributed by atoms with Crippen molar-refractivity contribution in [1.29, 1.82) is 0 Å². The van der Waals surface area contributed by atoms with Crippen LogP contribution < -0.4 is 20.9 Å². The summed E-state index contributed by atoms with van der Waals surface area (Å²) in [6, 6.07) is 154. The van der Waals surface area contributed by atoms with Gasteiger partial charge in [0, 0.05) is 56.6 Å². The molecule has 4 aliphatic rings. The van der Waals surface area contributed by atoms with Crippen LogP contribution in [0, 0.1) is 0 Å². The van der Waals surface area contributed by atoms with Crippen LogP contribution in [0.5, 0.6) is 0 Å². The molecule has 678 valence electrons. The molecule has 18 aromatic carbocycles. The summed E-state index contributed by atoms with van der Waals surface area (Å²) < 4.78 is 2.28. The van der Waals surface area contributed by atoms with Crippen LogP contribution in [0.15, 0.2) is 425 Å². The predicted molar refractivity (Wildman–Crippen MR) is 586 cm³/mol. The van der Waals surface area contributed by atoms with Crippen molar-refractivity contribution in [3.8, 4) is 61.6 Å². The molecule has 0 atom stereocenters. The van der Waals surface area contributed by atoms with E-state index in [2.05, 4.69) is 485 Å². The normalized spacial score (nSPS) is 13.2. The van der Waals surface area contributed by atoms with Gasteiger partial charge < -0.3 is 20.9 Å². The lowest BCUT2D eigenvalue weighted by molar-refractivity contribution is 0.112. The van der Waals surface area contributed by atoms with E-state index in [9.17, 15) is 4.79 Å². The Kier molecular flexibility index (Phi) is 23.0. The van der Waals surface area contributed by atoms with Crippen molar-refractivity contribution in [2.45, 2.75) is 116 Å². The zero-order chi connectivity index (χ0) is 95.7. The van der Waals surface area contributed by atoms with Gasteiger partial charge in [-0.2, -0.15) is 0 Å². The zero-order valence-corrected chi connectivity index (χ0v) is 81.1. The van der Waals surface area contributed by atoms with Crippen molar-refractivity contribution in [2.75, 3.05) is 20.9 Å². The first-order valence-electron chi connectivity index (χ1n) is 48.5. The summed E-state index contributed by atoms with van der Waals surface area (Å²) in [5.41, 5.74) is 48.7. The molecule has 0 saturated heterocycles. The number of fused-ring (bicyclic) bond motifs is 19. The molecule has 139 heavy (non-hydrogen) atoms. The van der Waals surface area contributed by atoms with Crippen molar-refractivity contribution < 1.29 is 4.79 Å². The highest BCUT2D eigenvalue weighted by atomic mass is 16.1. The molecule has 3 N–H and O–H groups in total. The smallest absolute Gasteiger partial charge is 0.150 e. The fourth-order valence-corrected chi connectivity index (χ4v) is 21.2. The lowest BCUT2D eigenvalue weighted by Gasteiger charge is -2.38. The Morgan fingerprint density at radius 2 is 0.604 bits per heavy atom. The molecule has 1 heterocycles. The summed E-state index contributed by atoms with van der Waals surface area (Å²) in [4.78, 5) is 21.6. The Balaban J connectivity index is 0.000000147. The Bertz CT molecular complexity index is 7720. The SMILES string of the molecule is CC(C)(C)c1ccc2c(c1)C1(c3cc(-c4ccc(-c5nc6ccccc6n5-c5ccccc5)cc4)ccc3C=Cc3ccc(N(c4ccccc4)c4ccccc4)cc31)c1cc(C(C)(C)C)ccc1-2.CC(C)(C)c1ccc2c(c1)C1(c3cc(-c4ccc(C=O)cc4)ccc3C=Cc3ccc(N(c4ccccc4)c4ccccc4)cc31)c1cc(C(C)(C)C)ccc1-2.Nc1ccccc1Nc1ccccc1. The van der Waals surface area contributed by atoms with Crippen molar-refractivity contribution in [1.82, 2.24) is 9.55 Å². The molecule has 0 bridgehead atoms. The quantitative estimate of drug-likeness (QED) is 0.0885. The number of aldehydes is 1. The zero-order valence-electron chi connectivity index (χ0n) is 81.1. The Morgan fingerprint density at radius 1 is 0.288 bits per heavy atom. The molecule has 0 fully saturated rings. The number of hydrogen-bond acceptors (Lipinski definition) is 6. The van der Waals surface area contributed by atoms with Crippen LogP contribution in [0.3, 0.4) is 0 Å². The largest absolute Gasteiger partial charge is 0.397 e. The van der Waals surface area contributed by atoms with Crippen LogP contribution in [0.2, 0.25) is 0 Å². The molecule has 0 unspecified atom stereocenters. The predicted octanol–water partition coefficient (Wildman–Crippen LogP) is 34.4. The van der Waals surface area contributed by atoms with Crippen molar-refractivity contribution in [2.24, 2.45) is 0 Å². The summed E-state index contributed by atoms with van der Waals surface area (Å²) in [6.07, 6.45) is 10.3. The minimum absolute atomic E-state index is 0.0579. The molecule has 1 aromatic heterocycles. The number of benzene rings is 18. The van der Waals surface area contributed by atoms with E-state index in [4.69, 9.17) is 10.7 Å². The highest BCUT2D eigenvalue weighted by Gasteiger charge is 2.52. The van der Waals surface area contributed by atoms with Gasteiger partial charge in [0.05, 0.1) is 33.2 Å². The Morgan fingerprint density at radius 3 is 0.978 bits per heavy atom. The van der Waals surface area contributed by atoms with Gasteiger partial charge in [-0.15, -0.1) is 0 Å². The lowest BCUT2D eigenvalue weighted by Crippen LogP contribution is -2.31. The van der Waals surface area contributed by atoms with Crippen LogP contribution >= 0.6 is 0 Å². The van der Waals surface area contributed by atoms with Gasteiger partial charge in [0.2, 0.25) is 0 Å². The van der Waals surface area contributed by atoms with Gasteiger partial charge in [-0.25, -0.2) is 4.98 Å². The van der Waals surface area contributed by atoms with Gasteiger partial charge in [0.15, 0.2) is 0 Å². The maximum Gasteiger partial charge on any atom is 0.150 e. The molecule has 0 radical (unpaired) electrons. The fourth-order valence-electron chi connectivity index (χ4n) is 21.2. The molecular formula is C132H114N6O. The summed E-state index contributed by atoms with van der Waals surface area (Å²) in [5, 5.41) is 3.25. The summed E-state index contributed by atoms with van der Waals surface area (Å²) in [5.74, 6) is 0.927. The monoisotopic (exact) mass is 1800 g/mol. The third-order valence-corrected chi connectivity index (χ3v) is 28.4. The van der Waals surface area contributed by atoms with Gasteiger partial charge in [0.1, 0.15) is 12.1 Å². The van der Waals surface area contributed by atoms with Gasteiger partial charge in [0.25, 0.3) is 0 Å².